The van der Waals surface area contributed by atoms with Crippen LogP contribution in [-0.4, -0.2) is 4.98 Å². The first-order chi connectivity index (χ1) is 7.97. The molecule has 0 saturated carbocycles. The third-order valence-electron chi connectivity index (χ3n) is 2.45. The van der Waals surface area contributed by atoms with Crippen LogP contribution in [0.5, 0.6) is 0 Å². The molecule has 0 radical (unpaired) electrons. The summed E-state index contributed by atoms with van der Waals surface area (Å²) in [4.78, 5) is 4.23. The second kappa shape index (κ2) is 4.57. The summed E-state index contributed by atoms with van der Waals surface area (Å²) in [5.41, 5.74) is 1.02. The summed E-state index contributed by atoms with van der Waals surface area (Å²) in [6.07, 6.45) is 0.730. The van der Waals surface area contributed by atoms with Crippen molar-refractivity contribution >= 4 is 22.5 Å². The molecule has 0 aliphatic rings. The van der Waals surface area contributed by atoms with Crippen LogP contribution in [0, 0.1) is 17.6 Å². The van der Waals surface area contributed by atoms with Gasteiger partial charge in [0.1, 0.15) is 11.6 Å². The predicted octanol–water partition coefficient (Wildman–Crippen LogP) is 4.36. The molecule has 4 heteroatoms. The summed E-state index contributed by atoms with van der Waals surface area (Å²) in [5.74, 6) is -0.900. The van der Waals surface area contributed by atoms with Crippen LogP contribution in [0.3, 0.4) is 0 Å². The minimum atomic E-state index is -0.673. The van der Waals surface area contributed by atoms with E-state index in [1.54, 1.807) is 6.07 Å². The van der Waals surface area contributed by atoms with E-state index in [4.69, 9.17) is 11.6 Å². The number of fused-ring (bicyclic) bond motifs is 1. The highest BCUT2D eigenvalue weighted by molar-refractivity contribution is 6.35. The van der Waals surface area contributed by atoms with Crippen LogP contribution in [0.25, 0.3) is 10.9 Å². The van der Waals surface area contributed by atoms with E-state index in [1.807, 2.05) is 13.8 Å². The van der Waals surface area contributed by atoms with Crippen LogP contribution >= 0.6 is 11.6 Å². The number of hydrogen-bond acceptors (Lipinski definition) is 1. The summed E-state index contributed by atoms with van der Waals surface area (Å²) in [7, 11) is 0. The van der Waals surface area contributed by atoms with Gasteiger partial charge < -0.3 is 0 Å². The third-order valence-corrected chi connectivity index (χ3v) is 2.75. The number of nitrogens with zero attached hydrogens (tertiary/aromatic N) is 1. The first kappa shape index (κ1) is 12.2. The minimum Gasteiger partial charge on any atom is -0.253 e. The largest absolute Gasteiger partial charge is 0.253 e. The van der Waals surface area contributed by atoms with Crippen molar-refractivity contribution in [3.05, 3.63) is 40.6 Å². The molecule has 1 nitrogen and oxygen atoms in total. The van der Waals surface area contributed by atoms with Gasteiger partial charge in [-0.3, -0.25) is 4.98 Å². The van der Waals surface area contributed by atoms with Crippen LogP contribution in [-0.2, 0) is 6.42 Å². The molecule has 0 aliphatic carbocycles. The van der Waals surface area contributed by atoms with Gasteiger partial charge in [0.05, 0.1) is 15.9 Å². The Labute approximate surface area is 103 Å². The average Bonchev–Trinajstić information content (AvgIpc) is 2.13. The normalized spacial score (nSPS) is 11.4. The Bertz CT molecular complexity index is 567. The fourth-order valence-electron chi connectivity index (χ4n) is 1.81. The van der Waals surface area contributed by atoms with Gasteiger partial charge in [-0.05, 0) is 18.4 Å². The highest BCUT2D eigenvalue weighted by atomic mass is 35.5. The van der Waals surface area contributed by atoms with Gasteiger partial charge in [-0.1, -0.05) is 25.4 Å². The van der Waals surface area contributed by atoms with Gasteiger partial charge in [0.25, 0.3) is 0 Å². The summed E-state index contributed by atoms with van der Waals surface area (Å²) in [6, 6.07) is 3.66. The van der Waals surface area contributed by atoms with Crippen LogP contribution in [0.2, 0.25) is 5.02 Å². The van der Waals surface area contributed by atoms with Crippen molar-refractivity contribution in [2.24, 2.45) is 5.92 Å². The van der Waals surface area contributed by atoms with Crippen LogP contribution in [0.1, 0.15) is 19.5 Å². The first-order valence-corrected chi connectivity index (χ1v) is 5.79. The molecular formula is C13H12ClF2N. The Hall–Kier alpha value is -1.22. The van der Waals surface area contributed by atoms with Gasteiger partial charge in [-0.15, -0.1) is 0 Å². The van der Waals surface area contributed by atoms with Gasteiger partial charge in [0.2, 0.25) is 0 Å². The number of hydrogen-bond donors (Lipinski definition) is 0. The van der Waals surface area contributed by atoms with E-state index in [2.05, 4.69) is 4.98 Å². The summed E-state index contributed by atoms with van der Waals surface area (Å²) >= 11 is 6.00. The predicted molar refractivity (Wildman–Crippen MR) is 65.2 cm³/mol. The molecule has 90 valence electrons. The zero-order valence-electron chi connectivity index (χ0n) is 9.60. The van der Waals surface area contributed by atoms with E-state index in [0.717, 1.165) is 18.2 Å². The van der Waals surface area contributed by atoms with Crippen molar-refractivity contribution in [3.8, 4) is 0 Å². The molecule has 0 aliphatic heterocycles. The molecule has 1 heterocycles. The molecule has 2 aromatic rings. The maximum atomic E-state index is 13.5. The van der Waals surface area contributed by atoms with Gasteiger partial charge in [0.15, 0.2) is 0 Å². The average molecular weight is 256 g/mol. The van der Waals surface area contributed by atoms with Crippen LogP contribution in [0.4, 0.5) is 8.78 Å². The molecule has 1 aromatic carbocycles. The zero-order chi connectivity index (χ0) is 12.6. The van der Waals surface area contributed by atoms with E-state index in [9.17, 15) is 8.78 Å². The fraction of sp³-hybridized carbons (Fsp3) is 0.308. The second-order valence-corrected chi connectivity index (χ2v) is 4.88. The van der Waals surface area contributed by atoms with Gasteiger partial charge >= 0.3 is 0 Å². The highest BCUT2D eigenvalue weighted by Crippen LogP contribution is 2.27. The maximum absolute atomic E-state index is 13.5. The molecule has 17 heavy (non-hydrogen) atoms. The van der Waals surface area contributed by atoms with Crippen molar-refractivity contribution in [1.29, 1.82) is 0 Å². The molecule has 0 fully saturated rings. The fourth-order valence-corrected chi connectivity index (χ4v) is 2.13. The van der Waals surface area contributed by atoms with Gasteiger partial charge in [-0.2, -0.15) is 0 Å². The smallest absolute Gasteiger partial charge is 0.137 e. The van der Waals surface area contributed by atoms with Gasteiger partial charge in [0, 0.05) is 17.8 Å². The van der Waals surface area contributed by atoms with Crippen LogP contribution in [0.15, 0.2) is 18.2 Å². The van der Waals surface area contributed by atoms with Crippen molar-refractivity contribution in [3.63, 3.8) is 0 Å². The molecule has 0 amide bonds. The van der Waals surface area contributed by atoms with E-state index in [1.165, 1.54) is 6.07 Å². The van der Waals surface area contributed by atoms with Crippen molar-refractivity contribution in [2.45, 2.75) is 20.3 Å². The highest BCUT2D eigenvalue weighted by Gasteiger charge is 2.11. The van der Waals surface area contributed by atoms with E-state index in [-0.39, 0.29) is 15.9 Å². The Morgan fingerprint density at radius 1 is 1.24 bits per heavy atom. The van der Waals surface area contributed by atoms with E-state index in [0.29, 0.717) is 5.92 Å². The molecule has 2 rings (SSSR count). The minimum absolute atomic E-state index is 0.181. The Balaban J connectivity index is 2.64. The third kappa shape index (κ3) is 2.55. The number of benzene rings is 1. The molecule has 1 aromatic heterocycles. The Morgan fingerprint density at radius 3 is 2.59 bits per heavy atom. The SMILES string of the molecule is CC(C)Cc1cc(Cl)c2c(F)cc(F)cc2n1. The lowest BCUT2D eigenvalue weighted by Gasteiger charge is -2.08. The summed E-state index contributed by atoms with van der Waals surface area (Å²) < 4.78 is 26.6. The number of halogens is 3. The Kier molecular flexibility index (Phi) is 3.29. The lowest BCUT2D eigenvalue weighted by Crippen LogP contribution is -1.99. The topological polar surface area (TPSA) is 12.9 Å². The molecule has 0 atom stereocenters. The summed E-state index contributed by atoms with van der Waals surface area (Å²) in [5, 5.41) is 0.462. The van der Waals surface area contributed by atoms with Crippen molar-refractivity contribution in [1.82, 2.24) is 4.98 Å². The second-order valence-electron chi connectivity index (χ2n) is 4.48. The molecule has 0 spiro atoms. The number of pyridine rings is 1. The quantitative estimate of drug-likeness (QED) is 0.777. The lowest BCUT2D eigenvalue weighted by molar-refractivity contribution is 0.591. The number of rotatable bonds is 2. The first-order valence-electron chi connectivity index (χ1n) is 5.41. The maximum Gasteiger partial charge on any atom is 0.137 e. The molecular weight excluding hydrogens is 244 g/mol. The van der Waals surface area contributed by atoms with Crippen LogP contribution < -0.4 is 0 Å². The standard InChI is InChI=1S/C13H12ClF2N/c1-7(2)3-9-6-10(14)13-11(16)4-8(15)5-12(13)17-9/h4-7H,3H2,1-2H3. The van der Waals surface area contributed by atoms with E-state index >= 15 is 0 Å². The summed E-state index contributed by atoms with van der Waals surface area (Å²) in [6.45, 7) is 4.10. The monoisotopic (exact) mass is 255 g/mol. The van der Waals surface area contributed by atoms with Gasteiger partial charge in [-0.25, -0.2) is 8.78 Å². The molecule has 0 N–H and O–H groups in total. The molecule has 0 unspecified atom stereocenters. The lowest BCUT2D eigenvalue weighted by atomic mass is 10.1. The van der Waals surface area contributed by atoms with E-state index < -0.39 is 11.6 Å². The number of aromatic nitrogens is 1. The van der Waals surface area contributed by atoms with Crippen molar-refractivity contribution < 1.29 is 8.78 Å². The zero-order valence-corrected chi connectivity index (χ0v) is 10.4. The van der Waals surface area contributed by atoms with Crippen molar-refractivity contribution in [2.75, 3.05) is 0 Å². The molecule has 0 bridgehead atoms. The Morgan fingerprint density at radius 2 is 1.94 bits per heavy atom. The molecule has 0 saturated heterocycles.